The molecule has 2 aromatic carbocycles. The Labute approximate surface area is 134 Å². The number of hydrogen-bond donors (Lipinski definition) is 0. The second-order valence-corrected chi connectivity index (χ2v) is 5.72. The largest absolute Gasteiger partial charge is 0.196 e. The van der Waals surface area contributed by atoms with Gasteiger partial charge >= 0.3 is 0 Å². The van der Waals surface area contributed by atoms with Crippen LogP contribution in [-0.4, -0.2) is 19.8 Å². The van der Waals surface area contributed by atoms with Gasteiger partial charge in [0.05, 0.1) is 5.69 Å². The van der Waals surface area contributed by atoms with Crippen molar-refractivity contribution in [2.24, 2.45) is 0 Å². The zero-order chi connectivity index (χ0) is 15.6. The molecule has 2 heterocycles. The van der Waals surface area contributed by atoms with E-state index in [1.807, 2.05) is 34.8 Å². The van der Waals surface area contributed by atoms with Gasteiger partial charge in [-0.2, -0.15) is 9.61 Å². The molecule has 0 aliphatic carbocycles. The maximum Gasteiger partial charge on any atom is 0.185 e. The molecule has 2 aromatic heterocycles. The highest BCUT2D eigenvalue weighted by molar-refractivity contribution is 6.01. The van der Waals surface area contributed by atoms with E-state index in [0.29, 0.717) is 0 Å². The van der Waals surface area contributed by atoms with Crippen molar-refractivity contribution >= 4 is 16.4 Å². The highest BCUT2D eigenvalue weighted by Gasteiger charge is 2.14. The van der Waals surface area contributed by atoms with Crippen LogP contribution in [0.3, 0.4) is 0 Å². The van der Waals surface area contributed by atoms with Gasteiger partial charge in [0.15, 0.2) is 11.5 Å². The van der Waals surface area contributed by atoms with Gasteiger partial charge in [0.1, 0.15) is 0 Å². The molecule has 0 saturated carbocycles. The van der Waals surface area contributed by atoms with Crippen molar-refractivity contribution < 1.29 is 0 Å². The zero-order valence-corrected chi connectivity index (χ0v) is 13.1. The van der Waals surface area contributed by atoms with E-state index < -0.39 is 0 Å². The lowest BCUT2D eigenvalue weighted by Crippen LogP contribution is -2.02. The van der Waals surface area contributed by atoms with Crippen LogP contribution in [0.2, 0.25) is 0 Å². The fraction of sp³-hybridized carbons (Fsp3) is 0.211. The molecule has 0 aliphatic rings. The molecule has 0 amide bonds. The van der Waals surface area contributed by atoms with E-state index in [-0.39, 0.29) is 0 Å². The van der Waals surface area contributed by atoms with Crippen molar-refractivity contribution in [1.82, 2.24) is 19.8 Å². The first kappa shape index (κ1) is 13.9. The van der Waals surface area contributed by atoms with Gasteiger partial charge in [-0.25, -0.2) is 0 Å². The number of nitrogens with zero attached hydrogens (tertiary/aromatic N) is 4. The summed E-state index contributed by atoms with van der Waals surface area (Å²) in [5.74, 6) is 0.935. The van der Waals surface area contributed by atoms with Gasteiger partial charge in [-0.15, -0.1) is 10.2 Å². The van der Waals surface area contributed by atoms with Crippen molar-refractivity contribution in [2.45, 2.75) is 26.2 Å². The van der Waals surface area contributed by atoms with E-state index >= 15 is 0 Å². The third-order valence-electron chi connectivity index (χ3n) is 4.13. The average Bonchev–Trinajstić information content (AvgIpc) is 3.03. The van der Waals surface area contributed by atoms with E-state index in [9.17, 15) is 0 Å². The lowest BCUT2D eigenvalue weighted by Gasteiger charge is -2.08. The van der Waals surface area contributed by atoms with Gasteiger partial charge in [0.2, 0.25) is 0 Å². The Kier molecular flexibility index (Phi) is 3.50. The summed E-state index contributed by atoms with van der Waals surface area (Å²) in [5, 5.41) is 15.8. The number of fused-ring (bicyclic) bond motifs is 3. The Morgan fingerprint density at radius 1 is 0.870 bits per heavy atom. The summed E-state index contributed by atoms with van der Waals surface area (Å²) in [4.78, 5) is 0. The van der Waals surface area contributed by atoms with Crippen LogP contribution in [-0.2, 0) is 6.42 Å². The van der Waals surface area contributed by atoms with E-state index in [0.717, 1.165) is 52.8 Å². The van der Waals surface area contributed by atoms with Gasteiger partial charge in [0.25, 0.3) is 0 Å². The molecule has 114 valence electrons. The minimum atomic E-state index is 0.839. The smallest absolute Gasteiger partial charge is 0.185 e. The average molecular weight is 302 g/mol. The van der Waals surface area contributed by atoms with E-state index in [1.54, 1.807) is 0 Å². The number of rotatable bonds is 4. The molecule has 0 unspecified atom stereocenters. The lowest BCUT2D eigenvalue weighted by atomic mass is 10.1. The second-order valence-electron chi connectivity index (χ2n) is 5.72. The van der Waals surface area contributed by atoms with Crippen molar-refractivity contribution in [2.75, 3.05) is 0 Å². The molecule has 4 aromatic rings. The predicted molar refractivity (Wildman–Crippen MR) is 92.3 cm³/mol. The fourth-order valence-electron chi connectivity index (χ4n) is 2.92. The SMILES string of the molecule is CCCCc1nnc2c3ccccc3c(-c3ccccc3)nn12. The number of aryl methyl sites for hydroxylation is 1. The summed E-state index contributed by atoms with van der Waals surface area (Å²) in [5.41, 5.74) is 2.93. The fourth-order valence-corrected chi connectivity index (χ4v) is 2.92. The van der Waals surface area contributed by atoms with E-state index in [1.165, 1.54) is 0 Å². The van der Waals surface area contributed by atoms with Crippen LogP contribution in [0.15, 0.2) is 54.6 Å². The molecule has 0 radical (unpaired) electrons. The molecule has 0 atom stereocenters. The zero-order valence-electron chi connectivity index (χ0n) is 13.1. The summed E-state index contributed by atoms with van der Waals surface area (Å²) < 4.78 is 1.92. The van der Waals surface area contributed by atoms with Crippen molar-refractivity contribution in [3.8, 4) is 11.3 Å². The first-order valence-corrected chi connectivity index (χ1v) is 8.07. The van der Waals surface area contributed by atoms with Crippen LogP contribution in [0, 0.1) is 0 Å². The van der Waals surface area contributed by atoms with Gasteiger partial charge in [0, 0.05) is 22.8 Å². The highest BCUT2D eigenvalue weighted by atomic mass is 15.4. The Balaban J connectivity index is 2.03. The van der Waals surface area contributed by atoms with Crippen molar-refractivity contribution in [1.29, 1.82) is 0 Å². The van der Waals surface area contributed by atoms with Gasteiger partial charge in [-0.1, -0.05) is 67.9 Å². The molecule has 0 N–H and O–H groups in total. The summed E-state index contributed by atoms with van der Waals surface area (Å²) >= 11 is 0. The van der Waals surface area contributed by atoms with E-state index in [2.05, 4.69) is 41.4 Å². The lowest BCUT2D eigenvalue weighted by molar-refractivity contribution is 0.721. The number of unbranched alkanes of at least 4 members (excludes halogenated alkanes) is 1. The second kappa shape index (κ2) is 5.80. The van der Waals surface area contributed by atoms with Crippen LogP contribution in [0.5, 0.6) is 0 Å². The first-order valence-electron chi connectivity index (χ1n) is 8.07. The molecule has 0 fully saturated rings. The highest BCUT2D eigenvalue weighted by Crippen LogP contribution is 2.28. The van der Waals surface area contributed by atoms with Crippen LogP contribution in [0.25, 0.3) is 27.7 Å². The topological polar surface area (TPSA) is 43.1 Å². The Morgan fingerprint density at radius 3 is 2.39 bits per heavy atom. The van der Waals surface area contributed by atoms with E-state index in [4.69, 9.17) is 5.10 Å². The number of hydrogen-bond acceptors (Lipinski definition) is 3. The summed E-state index contributed by atoms with van der Waals surface area (Å²) in [6, 6.07) is 18.6. The van der Waals surface area contributed by atoms with Crippen LogP contribution < -0.4 is 0 Å². The summed E-state index contributed by atoms with van der Waals surface area (Å²) in [6.07, 6.45) is 3.13. The Bertz CT molecular complexity index is 957. The first-order chi connectivity index (χ1) is 11.4. The number of aromatic nitrogens is 4. The standard InChI is InChI=1S/C19H18N4/c1-2-3-13-17-20-21-19-16-12-8-7-11-15(16)18(22-23(17)19)14-9-5-4-6-10-14/h4-12H,2-3,13H2,1H3. The third-order valence-corrected chi connectivity index (χ3v) is 4.13. The minimum absolute atomic E-state index is 0.839. The minimum Gasteiger partial charge on any atom is -0.196 e. The molecule has 0 bridgehead atoms. The summed E-state index contributed by atoms with van der Waals surface area (Å²) in [6.45, 7) is 2.18. The molecule has 4 nitrogen and oxygen atoms in total. The third kappa shape index (κ3) is 2.36. The van der Waals surface area contributed by atoms with Crippen LogP contribution in [0.1, 0.15) is 25.6 Å². The van der Waals surface area contributed by atoms with Crippen molar-refractivity contribution in [3.05, 3.63) is 60.4 Å². The van der Waals surface area contributed by atoms with Gasteiger partial charge in [-0.05, 0) is 6.42 Å². The molecule has 0 aliphatic heterocycles. The molecule has 0 spiro atoms. The molecular weight excluding hydrogens is 284 g/mol. The van der Waals surface area contributed by atoms with Crippen molar-refractivity contribution in [3.63, 3.8) is 0 Å². The van der Waals surface area contributed by atoms with Gasteiger partial charge in [-0.3, -0.25) is 0 Å². The molecule has 0 saturated heterocycles. The molecule has 4 rings (SSSR count). The Morgan fingerprint density at radius 2 is 1.61 bits per heavy atom. The predicted octanol–water partition coefficient (Wildman–Crippen LogP) is 4.29. The maximum absolute atomic E-state index is 4.88. The van der Waals surface area contributed by atoms with Gasteiger partial charge < -0.3 is 0 Å². The normalized spacial score (nSPS) is 11.3. The van der Waals surface area contributed by atoms with Crippen LogP contribution in [0.4, 0.5) is 0 Å². The monoisotopic (exact) mass is 302 g/mol. The number of benzene rings is 2. The quantitative estimate of drug-likeness (QED) is 0.565. The molecule has 4 heteroatoms. The molecular formula is C19H18N4. The summed E-state index contributed by atoms with van der Waals surface area (Å²) in [7, 11) is 0. The maximum atomic E-state index is 4.88. The Hall–Kier alpha value is -2.75. The van der Waals surface area contributed by atoms with Crippen LogP contribution >= 0.6 is 0 Å². The molecule has 23 heavy (non-hydrogen) atoms.